The van der Waals surface area contributed by atoms with E-state index in [1.807, 2.05) is 12.1 Å². The third kappa shape index (κ3) is 6.49. The van der Waals surface area contributed by atoms with Crippen LogP contribution >= 0.6 is 0 Å². The van der Waals surface area contributed by atoms with E-state index in [-0.39, 0.29) is 11.9 Å². The van der Waals surface area contributed by atoms with Crippen molar-refractivity contribution >= 4 is 0 Å². The summed E-state index contributed by atoms with van der Waals surface area (Å²) in [5.74, 6) is -0.157. The topological polar surface area (TPSA) is 21.3 Å². The summed E-state index contributed by atoms with van der Waals surface area (Å²) in [5.41, 5.74) is 0.703. The van der Waals surface area contributed by atoms with E-state index in [0.29, 0.717) is 12.2 Å². The summed E-state index contributed by atoms with van der Waals surface area (Å²) >= 11 is 0. The molecule has 1 N–H and O–H groups in total. The van der Waals surface area contributed by atoms with Crippen molar-refractivity contribution in [2.75, 3.05) is 19.8 Å². The number of rotatable bonds is 11. The lowest BCUT2D eigenvalue weighted by Crippen LogP contribution is -2.27. The fourth-order valence-corrected chi connectivity index (χ4v) is 2.17. The Bertz CT molecular complexity index is 357. The molecule has 1 aromatic carbocycles. The van der Waals surface area contributed by atoms with Crippen LogP contribution in [-0.4, -0.2) is 19.8 Å². The fourth-order valence-electron chi connectivity index (χ4n) is 2.17. The zero-order valence-corrected chi connectivity index (χ0v) is 12.8. The standard InChI is InChI=1S/C17H28FNO/c1-3-5-6-9-13-20-14-17(19-12-4-2)15-10-7-8-11-16(15)18/h7-8,10-11,17,19H,3-6,9,12-14H2,1-2H3. The lowest BCUT2D eigenvalue weighted by Gasteiger charge is -2.19. The van der Waals surface area contributed by atoms with Crippen LogP contribution in [0.1, 0.15) is 57.6 Å². The molecular formula is C17H28FNO. The lowest BCUT2D eigenvalue weighted by atomic mass is 10.1. The molecule has 0 aliphatic carbocycles. The molecule has 1 unspecified atom stereocenters. The van der Waals surface area contributed by atoms with Gasteiger partial charge in [0.1, 0.15) is 5.82 Å². The van der Waals surface area contributed by atoms with Gasteiger partial charge in [-0.15, -0.1) is 0 Å². The van der Waals surface area contributed by atoms with E-state index in [0.717, 1.165) is 26.0 Å². The van der Waals surface area contributed by atoms with Crippen LogP contribution in [0.4, 0.5) is 4.39 Å². The highest BCUT2D eigenvalue weighted by molar-refractivity contribution is 5.21. The average Bonchev–Trinajstić information content (AvgIpc) is 2.47. The van der Waals surface area contributed by atoms with Gasteiger partial charge in [-0.2, -0.15) is 0 Å². The minimum Gasteiger partial charge on any atom is -0.379 e. The van der Waals surface area contributed by atoms with Crippen LogP contribution in [0, 0.1) is 5.82 Å². The quantitative estimate of drug-likeness (QED) is 0.604. The van der Waals surface area contributed by atoms with Crippen LogP contribution in [-0.2, 0) is 4.74 Å². The smallest absolute Gasteiger partial charge is 0.128 e. The van der Waals surface area contributed by atoms with Gasteiger partial charge in [0.05, 0.1) is 12.6 Å². The summed E-state index contributed by atoms with van der Waals surface area (Å²) in [6, 6.07) is 6.89. The van der Waals surface area contributed by atoms with Gasteiger partial charge in [-0.25, -0.2) is 4.39 Å². The van der Waals surface area contributed by atoms with Crippen molar-refractivity contribution in [2.24, 2.45) is 0 Å². The normalized spacial score (nSPS) is 12.6. The number of nitrogens with one attached hydrogen (secondary N) is 1. The maximum atomic E-state index is 13.8. The molecule has 0 fully saturated rings. The van der Waals surface area contributed by atoms with Gasteiger partial charge in [-0.3, -0.25) is 0 Å². The first-order valence-corrected chi connectivity index (χ1v) is 7.85. The van der Waals surface area contributed by atoms with E-state index in [4.69, 9.17) is 4.74 Å². The number of hydrogen-bond donors (Lipinski definition) is 1. The van der Waals surface area contributed by atoms with Crippen LogP contribution in [0.5, 0.6) is 0 Å². The molecule has 2 nitrogen and oxygen atoms in total. The highest BCUT2D eigenvalue weighted by Crippen LogP contribution is 2.17. The molecule has 1 rings (SSSR count). The Morgan fingerprint density at radius 1 is 1.10 bits per heavy atom. The highest BCUT2D eigenvalue weighted by atomic mass is 19.1. The van der Waals surface area contributed by atoms with Gasteiger partial charge in [-0.05, 0) is 25.5 Å². The van der Waals surface area contributed by atoms with E-state index in [1.165, 1.54) is 25.3 Å². The van der Waals surface area contributed by atoms with Crippen LogP contribution in [0.2, 0.25) is 0 Å². The van der Waals surface area contributed by atoms with Crippen LogP contribution in [0.25, 0.3) is 0 Å². The second-order valence-corrected chi connectivity index (χ2v) is 5.16. The van der Waals surface area contributed by atoms with E-state index in [2.05, 4.69) is 19.2 Å². The molecule has 0 aliphatic heterocycles. The molecule has 0 saturated heterocycles. The first-order valence-electron chi connectivity index (χ1n) is 7.85. The fraction of sp³-hybridized carbons (Fsp3) is 0.647. The summed E-state index contributed by atoms with van der Waals surface area (Å²) in [4.78, 5) is 0. The average molecular weight is 281 g/mol. The molecule has 0 spiro atoms. The Morgan fingerprint density at radius 3 is 2.60 bits per heavy atom. The van der Waals surface area contributed by atoms with Crippen molar-refractivity contribution in [2.45, 2.75) is 52.0 Å². The SMILES string of the molecule is CCCCCCOCC(NCCC)c1ccccc1F. The Kier molecular flexibility index (Phi) is 9.25. The van der Waals surface area contributed by atoms with Crippen molar-refractivity contribution in [1.82, 2.24) is 5.32 Å². The third-order valence-corrected chi connectivity index (χ3v) is 3.35. The minimum absolute atomic E-state index is 0.0534. The molecule has 0 amide bonds. The largest absolute Gasteiger partial charge is 0.379 e. The summed E-state index contributed by atoms with van der Waals surface area (Å²) in [6.45, 7) is 6.48. The number of hydrogen-bond acceptors (Lipinski definition) is 2. The van der Waals surface area contributed by atoms with Crippen molar-refractivity contribution < 1.29 is 9.13 Å². The van der Waals surface area contributed by atoms with E-state index < -0.39 is 0 Å². The predicted molar refractivity (Wildman–Crippen MR) is 82.4 cm³/mol. The third-order valence-electron chi connectivity index (χ3n) is 3.35. The summed E-state index contributed by atoms with van der Waals surface area (Å²) in [6.07, 6.45) is 5.82. The molecule has 0 bridgehead atoms. The molecule has 1 atom stereocenters. The highest BCUT2D eigenvalue weighted by Gasteiger charge is 2.14. The molecule has 0 radical (unpaired) electrons. The van der Waals surface area contributed by atoms with Gasteiger partial charge < -0.3 is 10.1 Å². The van der Waals surface area contributed by atoms with Crippen molar-refractivity contribution in [3.05, 3.63) is 35.6 Å². The molecule has 0 saturated carbocycles. The lowest BCUT2D eigenvalue weighted by molar-refractivity contribution is 0.107. The molecule has 20 heavy (non-hydrogen) atoms. The molecule has 114 valence electrons. The Labute approximate surface area is 122 Å². The monoisotopic (exact) mass is 281 g/mol. The van der Waals surface area contributed by atoms with Crippen molar-refractivity contribution in [3.63, 3.8) is 0 Å². The number of ether oxygens (including phenoxy) is 1. The van der Waals surface area contributed by atoms with Gasteiger partial charge in [0.2, 0.25) is 0 Å². The predicted octanol–water partition coefficient (Wildman–Crippen LogP) is 4.46. The number of benzene rings is 1. The number of halogens is 1. The molecule has 0 aromatic heterocycles. The van der Waals surface area contributed by atoms with E-state index in [1.54, 1.807) is 6.07 Å². The van der Waals surface area contributed by atoms with Crippen molar-refractivity contribution in [1.29, 1.82) is 0 Å². The second-order valence-electron chi connectivity index (χ2n) is 5.16. The van der Waals surface area contributed by atoms with Crippen LogP contribution in [0.3, 0.4) is 0 Å². The van der Waals surface area contributed by atoms with Gasteiger partial charge in [0.15, 0.2) is 0 Å². The Hall–Kier alpha value is -0.930. The van der Waals surface area contributed by atoms with Gasteiger partial charge >= 0.3 is 0 Å². The van der Waals surface area contributed by atoms with E-state index >= 15 is 0 Å². The van der Waals surface area contributed by atoms with Gasteiger partial charge in [0, 0.05) is 12.2 Å². The summed E-state index contributed by atoms with van der Waals surface area (Å²) in [7, 11) is 0. The first kappa shape index (κ1) is 17.1. The van der Waals surface area contributed by atoms with Crippen LogP contribution in [0.15, 0.2) is 24.3 Å². The minimum atomic E-state index is -0.157. The Morgan fingerprint density at radius 2 is 1.90 bits per heavy atom. The second kappa shape index (κ2) is 10.8. The zero-order valence-electron chi connectivity index (χ0n) is 12.8. The van der Waals surface area contributed by atoms with Crippen molar-refractivity contribution in [3.8, 4) is 0 Å². The van der Waals surface area contributed by atoms with E-state index in [9.17, 15) is 4.39 Å². The number of unbranched alkanes of at least 4 members (excludes halogenated alkanes) is 3. The Balaban J connectivity index is 2.42. The first-order chi connectivity index (χ1) is 9.79. The van der Waals surface area contributed by atoms with Crippen LogP contribution < -0.4 is 5.32 Å². The maximum absolute atomic E-state index is 13.8. The molecule has 0 heterocycles. The summed E-state index contributed by atoms with van der Waals surface area (Å²) < 4.78 is 19.6. The van der Waals surface area contributed by atoms with Gasteiger partial charge in [0.25, 0.3) is 0 Å². The van der Waals surface area contributed by atoms with Gasteiger partial charge in [-0.1, -0.05) is 51.3 Å². The molecular weight excluding hydrogens is 253 g/mol. The molecule has 0 aliphatic rings. The molecule has 1 aromatic rings. The molecule has 3 heteroatoms. The zero-order chi connectivity index (χ0) is 14.6. The summed E-state index contributed by atoms with van der Waals surface area (Å²) in [5, 5.41) is 3.36. The maximum Gasteiger partial charge on any atom is 0.128 e.